The minimum absolute atomic E-state index is 0.122. The number of carbonyl (C=O) groups excluding carboxylic acids is 2. The Hall–Kier alpha value is -2.97. The molecule has 0 spiro atoms. The maximum Gasteiger partial charge on any atom is 0.249 e. The van der Waals surface area contributed by atoms with E-state index in [0.717, 1.165) is 0 Å². The number of fused-ring (bicyclic) bond motifs is 1. The van der Waals surface area contributed by atoms with E-state index in [0.29, 0.717) is 38.2 Å². The van der Waals surface area contributed by atoms with E-state index in [9.17, 15) is 19.8 Å². The van der Waals surface area contributed by atoms with Gasteiger partial charge in [-0.05, 0) is 46.6 Å². The Bertz CT molecular complexity index is 1350. The number of aliphatic hydroxyl groups is 2. The average Bonchev–Trinajstić information content (AvgIpc) is 3.36. The number of aliphatic hydroxyl groups excluding tert-OH is 2. The quantitative estimate of drug-likeness (QED) is 0.323. The van der Waals surface area contributed by atoms with Crippen LogP contribution in [0.4, 0.5) is 0 Å². The Morgan fingerprint density at radius 3 is 2.77 bits per heavy atom. The summed E-state index contributed by atoms with van der Waals surface area (Å²) in [5, 5.41) is 22.5. The Kier molecular flexibility index (Phi) is 7.42. The van der Waals surface area contributed by atoms with Gasteiger partial charge in [0.05, 0.1) is 29.6 Å². The van der Waals surface area contributed by atoms with E-state index in [1.54, 1.807) is 35.0 Å². The largest absolute Gasteiger partial charge is 0.390 e. The summed E-state index contributed by atoms with van der Waals surface area (Å²) in [5.74, 6) is 4.74. The highest BCUT2D eigenvalue weighted by atomic mass is 79.9. The molecule has 2 amide bonds. The average molecular weight is 561 g/mol. The maximum atomic E-state index is 12.3. The number of halogens is 2. The van der Waals surface area contributed by atoms with E-state index in [-0.39, 0.29) is 24.9 Å². The van der Waals surface area contributed by atoms with E-state index >= 15 is 0 Å². The van der Waals surface area contributed by atoms with Crippen LogP contribution in [0.25, 0.3) is 11.0 Å². The zero-order valence-corrected chi connectivity index (χ0v) is 21.1. The number of benzene rings is 1. The van der Waals surface area contributed by atoms with E-state index in [4.69, 9.17) is 17.3 Å². The summed E-state index contributed by atoms with van der Waals surface area (Å²) >= 11 is 9.42. The highest BCUT2D eigenvalue weighted by molar-refractivity contribution is 9.10. The monoisotopic (exact) mass is 559 g/mol. The van der Waals surface area contributed by atoms with Gasteiger partial charge < -0.3 is 25.4 Å². The maximum absolute atomic E-state index is 12.3. The van der Waals surface area contributed by atoms with Gasteiger partial charge in [0.15, 0.2) is 0 Å². The van der Waals surface area contributed by atoms with Gasteiger partial charge in [0.1, 0.15) is 23.2 Å². The van der Waals surface area contributed by atoms with E-state index in [1.165, 1.54) is 18.2 Å². The van der Waals surface area contributed by atoms with Crippen molar-refractivity contribution in [2.45, 2.75) is 31.6 Å². The summed E-state index contributed by atoms with van der Waals surface area (Å²) in [6, 6.07) is 6.34. The van der Waals surface area contributed by atoms with Crippen LogP contribution in [-0.4, -0.2) is 66.8 Å². The van der Waals surface area contributed by atoms with Crippen molar-refractivity contribution < 1.29 is 19.8 Å². The molecule has 4 rings (SSSR count). The van der Waals surface area contributed by atoms with E-state index < -0.39 is 24.2 Å². The second-order valence-electron chi connectivity index (χ2n) is 8.43. The molecule has 2 aromatic heterocycles. The van der Waals surface area contributed by atoms with Crippen molar-refractivity contribution in [2.75, 3.05) is 13.1 Å². The van der Waals surface area contributed by atoms with Crippen molar-refractivity contribution in [1.82, 2.24) is 19.4 Å². The van der Waals surface area contributed by atoms with Crippen molar-refractivity contribution in [2.24, 2.45) is 11.7 Å². The minimum Gasteiger partial charge on any atom is -0.390 e. The molecule has 4 N–H and O–H groups in total. The molecule has 1 saturated carbocycles. The molecular weight excluding hydrogens is 538 g/mol. The lowest BCUT2D eigenvalue weighted by molar-refractivity contribution is -0.129. The molecule has 0 bridgehead atoms. The molecule has 182 valence electrons. The molecule has 9 nitrogen and oxygen atoms in total. The standard InChI is InChI=1S/C24H23BrClN5O4/c1-13(32)30(7-2-3-14-4-5-18(25)17(9-14)23(27)35)11-15-10-19(21(34)20(15)33)31-8-6-16-22(26)28-12-29-24(16)31/h4-6,8-9,12,15,19-21,33-34H,7,10-11H2,1H3,(H2,27,35)/t15-,19-,20-,21+/m1/s1. The number of hydrogen-bond donors (Lipinski definition) is 3. The number of carbonyl (C=O) groups is 2. The molecule has 1 aliphatic rings. The van der Waals surface area contributed by atoms with Crippen LogP contribution < -0.4 is 5.73 Å². The first-order valence-electron chi connectivity index (χ1n) is 10.8. The van der Waals surface area contributed by atoms with Crippen LogP contribution in [0.3, 0.4) is 0 Å². The molecule has 1 fully saturated rings. The number of aromatic nitrogens is 3. The number of primary amides is 1. The van der Waals surface area contributed by atoms with Gasteiger partial charge >= 0.3 is 0 Å². The molecule has 0 radical (unpaired) electrons. The predicted molar refractivity (Wildman–Crippen MR) is 133 cm³/mol. The van der Waals surface area contributed by atoms with Crippen LogP contribution >= 0.6 is 27.5 Å². The van der Waals surface area contributed by atoms with Crippen molar-refractivity contribution in [3.63, 3.8) is 0 Å². The zero-order valence-electron chi connectivity index (χ0n) is 18.7. The predicted octanol–water partition coefficient (Wildman–Crippen LogP) is 2.13. The number of amides is 2. The van der Waals surface area contributed by atoms with Gasteiger partial charge in [-0.1, -0.05) is 23.4 Å². The SMILES string of the molecule is CC(=O)N(CC#Cc1ccc(Br)c(C(N)=O)c1)C[C@H]1C[C@@H](n2ccc3c(Cl)ncnc32)[C@H](O)[C@@H]1O. The van der Waals surface area contributed by atoms with Crippen LogP contribution in [0.1, 0.15) is 35.3 Å². The second-order valence-corrected chi connectivity index (χ2v) is 9.64. The number of nitrogens with zero attached hydrogens (tertiary/aromatic N) is 4. The van der Waals surface area contributed by atoms with Crippen LogP contribution in [0, 0.1) is 17.8 Å². The highest BCUT2D eigenvalue weighted by Gasteiger charge is 2.43. The first-order valence-corrected chi connectivity index (χ1v) is 12.0. The highest BCUT2D eigenvalue weighted by Crippen LogP contribution is 2.38. The molecule has 0 aliphatic heterocycles. The van der Waals surface area contributed by atoms with Gasteiger partial charge in [0, 0.05) is 35.6 Å². The molecule has 0 saturated heterocycles. The van der Waals surface area contributed by atoms with E-state index in [1.807, 2.05) is 0 Å². The van der Waals surface area contributed by atoms with Crippen molar-refractivity contribution in [3.05, 3.63) is 57.5 Å². The molecule has 1 aromatic carbocycles. The summed E-state index contributed by atoms with van der Waals surface area (Å²) in [4.78, 5) is 33.6. The zero-order chi connectivity index (χ0) is 25.3. The van der Waals surface area contributed by atoms with Gasteiger partial charge in [-0.25, -0.2) is 9.97 Å². The summed E-state index contributed by atoms with van der Waals surface area (Å²) in [6.07, 6.45) is 1.47. The molecular formula is C24H23BrClN5O4. The van der Waals surface area contributed by atoms with Crippen molar-refractivity contribution >= 4 is 50.4 Å². The van der Waals surface area contributed by atoms with Gasteiger partial charge in [-0.3, -0.25) is 9.59 Å². The van der Waals surface area contributed by atoms with Gasteiger partial charge in [0.2, 0.25) is 11.8 Å². The van der Waals surface area contributed by atoms with Crippen molar-refractivity contribution in [3.8, 4) is 11.8 Å². The third-order valence-electron chi connectivity index (χ3n) is 6.22. The Labute approximate surface area is 215 Å². The van der Waals surface area contributed by atoms with Crippen LogP contribution in [0.2, 0.25) is 5.15 Å². The lowest BCUT2D eigenvalue weighted by Gasteiger charge is -2.24. The fourth-order valence-electron chi connectivity index (χ4n) is 4.38. The Balaban J connectivity index is 1.48. The third kappa shape index (κ3) is 5.18. The molecule has 11 heteroatoms. The lowest BCUT2D eigenvalue weighted by atomic mass is 10.0. The summed E-state index contributed by atoms with van der Waals surface area (Å²) < 4.78 is 2.37. The fraction of sp³-hybridized carbons (Fsp3) is 0.333. The Morgan fingerprint density at radius 1 is 1.29 bits per heavy atom. The molecule has 1 aliphatic carbocycles. The lowest BCUT2D eigenvalue weighted by Crippen LogP contribution is -2.38. The van der Waals surface area contributed by atoms with E-state index in [2.05, 4.69) is 37.7 Å². The second kappa shape index (κ2) is 10.3. The van der Waals surface area contributed by atoms with Crippen LogP contribution in [0.5, 0.6) is 0 Å². The number of rotatable bonds is 5. The molecule has 2 heterocycles. The van der Waals surface area contributed by atoms with Gasteiger partial charge in [-0.15, -0.1) is 0 Å². The fourth-order valence-corrected chi connectivity index (χ4v) is 5.01. The van der Waals surface area contributed by atoms with Crippen LogP contribution in [0.15, 0.2) is 41.3 Å². The third-order valence-corrected chi connectivity index (χ3v) is 7.22. The summed E-state index contributed by atoms with van der Waals surface area (Å²) in [5.41, 5.74) is 6.84. The van der Waals surface area contributed by atoms with Crippen LogP contribution in [-0.2, 0) is 4.79 Å². The van der Waals surface area contributed by atoms with Gasteiger partial charge in [0.25, 0.3) is 0 Å². The number of nitrogens with two attached hydrogens (primary N) is 1. The first-order chi connectivity index (χ1) is 16.7. The number of hydrogen-bond acceptors (Lipinski definition) is 6. The molecule has 0 unspecified atom stereocenters. The molecule has 4 atom stereocenters. The summed E-state index contributed by atoms with van der Waals surface area (Å²) in [6.45, 7) is 1.78. The summed E-state index contributed by atoms with van der Waals surface area (Å²) in [7, 11) is 0. The Morgan fingerprint density at radius 2 is 2.06 bits per heavy atom. The smallest absolute Gasteiger partial charge is 0.249 e. The molecule has 3 aromatic rings. The minimum atomic E-state index is -1.04. The van der Waals surface area contributed by atoms with Gasteiger partial charge in [-0.2, -0.15) is 0 Å². The first kappa shape index (κ1) is 25.1. The molecule has 35 heavy (non-hydrogen) atoms. The normalized spacial score (nSPS) is 21.5. The van der Waals surface area contributed by atoms with Crippen molar-refractivity contribution in [1.29, 1.82) is 0 Å². The topological polar surface area (TPSA) is 135 Å².